The molecule has 1 aliphatic heterocycles. The summed E-state index contributed by atoms with van der Waals surface area (Å²) >= 11 is 0. The van der Waals surface area contributed by atoms with Crippen molar-refractivity contribution in [2.24, 2.45) is 5.92 Å². The lowest BCUT2D eigenvalue weighted by Gasteiger charge is -2.36. The summed E-state index contributed by atoms with van der Waals surface area (Å²) in [6.45, 7) is 6.66. The molecule has 2 heteroatoms. The molecule has 0 spiro atoms. The Hall–Kier alpha value is -1.02. The van der Waals surface area contributed by atoms with Gasteiger partial charge in [0.1, 0.15) is 11.9 Å². The molecule has 2 rings (SSSR count). The van der Waals surface area contributed by atoms with Crippen LogP contribution in [0.15, 0.2) is 18.2 Å². The van der Waals surface area contributed by atoms with Crippen LogP contribution in [0.5, 0.6) is 5.75 Å². The highest BCUT2D eigenvalue weighted by Gasteiger charge is 2.31. The molecule has 1 N–H and O–H groups in total. The molecular formula is C16H25NO. The second-order valence-corrected chi connectivity index (χ2v) is 5.35. The third kappa shape index (κ3) is 2.54. The molecule has 0 saturated carbocycles. The van der Waals surface area contributed by atoms with Gasteiger partial charge in [0, 0.05) is 18.0 Å². The SMILES string of the molecule is CCC(CC)C1CC(NC)c2cc(C)ccc2O1. The number of hydrogen-bond acceptors (Lipinski definition) is 2. The van der Waals surface area contributed by atoms with Crippen LogP contribution < -0.4 is 10.1 Å². The summed E-state index contributed by atoms with van der Waals surface area (Å²) in [7, 11) is 2.05. The molecule has 2 unspecified atom stereocenters. The number of benzene rings is 1. The smallest absolute Gasteiger partial charge is 0.124 e. The van der Waals surface area contributed by atoms with Crippen LogP contribution in [0.3, 0.4) is 0 Å². The Labute approximate surface area is 111 Å². The first kappa shape index (κ1) is 13.4. The lowest BCUT2D eigenvalue weighted by molar-refractivity contribution is 0.0893. The quantitative estimate of drug-likeness (QED) is 0.872. The lowest BCUT2D eigenvalue weighted by atomic mass is 9.86. The Morgan fingerprint density at radius 2 is 2.06 bits per heavy atom. The first-order valence-electron chi connectivity index (χ1n) is 7.14. The third-order valence-corrected chi connectivity index (χ3v) is 4.21. The van der Waals surface area contributed by atoms with Gasteiger partial charge < -0.3 is 10.1 Å². The molecule has 0 fully saturated rings. The van der Waals surface area contributed by atoms with Crippen molar-refractivity contribution in [1.29, 1.82) is 0 Å². The van der Waals surface area contributed by atoms with Crippen LogP contribution in [0.4, 0.5) is 0 Å². The molecule has 0 aliphatic carbocycles. The first-order valence-corrected chi connectivity index (χ1v) is 7.14. The Morgan fingerprint density at radius 3 is 2.67 bits per heavy atom. The number of rotatable bonds is 4. The van der Waals surface area contributed by atoms with E-state index >= 15 is 0 Å². The number of nitrogens with one attached hydrogen (secondary N) is 1. The van der Waals surface area contributed by atoms with Crippen LogP contribution in [0, 0.1) is 12.8 Å². The van der Waals surface area contributed by atoms with Crippen molar-refractivity contribution in [3.63, 3.8) is 0 Å². The highest BCUT2D eigenvalue weighted by molar-refractivity contribution is 5.41. The van der Waals surface area contributed by atoms with E-state index in [2.05, 4.69) is 44.3 Å². The molecule has 2 nitrogen and oxygen atoms in total. The zero-order valence-electron chi connectivity index (χ0n) is 12.0. The molecule has 1 heterocycles. The summed E-state index contributed by atoms with van der Waals surface area (Å²) in [5.41, 5.74) is 2.62. The van der Waals surface area contributed by atoms with Crippen LogP contribution in [0.2, 0.25) is 0 Å². The maximum absolute atomic E-state index is 6.22. The van der Waals surface area contributed by atoms with Crippen molar-refractivity contribution in [2.75, 3.05) is 7.05 Å². The number of aryl methyl sites for hydroxylation is 1. The maximum atomic E-state index is 6.22. The zero-order valence-corrected chi connectivity index (χ0v) is 12.0. The topological polar surface area (TPSA) is 21.3 Å². The largest absolute Gasteiger partial charge is 0.490 e. The minimum absolute atomic E-state index is 0.354. The van der Waals surface area contributed by atoms with E-state index in [1.165, 1.54) is 24.0 Å². The van der Waals surface area contributed by atoms with Gasteiger partial charge in [0.25, 0.3) is 0 Å². The summed E-state index contributed by atoms with van der Waals surface area (Å²) in [6.07, 6.45) is 3.82. The number of fused-ring (bicyclic) bond motifs is 1. The molecule has 0 radical (unpaired) electrons. The van der Waals surface area contributed by atoms with E-state index in [-0.39, 0.29) is 0 Å². The summed E-state index contributed by atoms with van der Waals surface area (Å²) < 4.78 is 6.22. The van der Waals surface area contributed by atoms with Crippen LogP contribution in [0.25, 0.3) is 0 Å². The summed E-state index contributed by atoms with van der Waals surface area (Å²) in [5.74, 6) is 1.73. The van der Waals surface area contributed by atoms with Crippen LogP contribution >= 0.6 is 0 Å². The van der Waals surface area contributed by atoms with Crippen LogP contribution in [0.1, 0.15) is 50.3 Å². The molecule has 1 aliphatic rings. The first-order chi connectivity index (χ1) is 8.69. The minimum Gasteiger partial charge on any atom is -0.490 e. The predicted octanol–water partition coefficient (Wildman–Crippen LogP) is 3.84. The Morgan fingerprint density at radius 1 is 1.33 bits per heavy atom. The van der Waals surface area contributed by atoms with Crippen molar-refractivity contribution in [2.45, 2.75) is 52.2 Å². The molecule has 0 aromatic heterocycles. The Kier molecular flexibility index (Phi) is 4.28. The summed E-state index contributed by atoms with van der Waals surface area (Å²) in [4.78, 5) is 0. The van der Waals surface area contributed by atoms with E-state index in [1.807, 2.05) is 7.05 Å². The fourth-order valence-corrected chi connectivity index (χ4v) is 2.99. The van der Waals surface area contributed by atoms with E-state index in [0.717, 1.165) is 12.2 Å². The third-order valence-electron chi connectivity index (χ3n) is 4.21. The lowest BCUT2D eigenvalue weighted by Crippen LogP contribution is -2.36. The van der Waals surface area contributed by atoms with Crippen molar-refractivity contribution in [3.05, 3.63) is 29.3 Å². The van der Waals surface area contributed by atoms with Gasteiger partial charge in [-0.05, 0) is 38.8 Å². The van der Waals surface area contributed by atoms with E-state index < -0.39 is 0 Å². The highest BCUT2D eigenvalue weighted by atomic mass is 16.5. The van der Waals surface area contributed by atoms with Gasteiger partial charge in [-0.1, -0.05) is 31.5 Å². The van der Waals surface area contributed by atoms with Crippen LogP contribution in [-0.4, -0.2) is 13.2 Å². The fraction of sp³-hybridized carbons (Fsp3) is 0.625. The minimum atomic E-state index is 0.354. The van der Waals surface area contributed by atoms with Gasteiger partial charge in [-0.3, -0.25) is 0 Å². The second-order valence-electron chi connectivity index (χ2n) is 5.35. The van der Waals surface area contributed by atoms with Gasteiger partial charge in [-0.2, -0.15) is 0 Å². The monoisotopic (exact) mass is 247 g/mol. The van der Waals surface area contributed by atoms with Crippen molar-refractivity contribution in [3.8, 4) is 5.75 Å². The average molecular weight is 247 g/mol. The molecule has 2 atom stereocenters. The van der Waals surface area contributed by atoms with Crippen LogP contribution in [-0.2, 0) is 0 Å². The Balaban J connectivity index is 2.27. The maximum Gasteiger partial charge on any atom is 0.124 e. The van der Waals surface area contributed by atoms with Gasteiger partial charge in [-0.25, -0.2) is 0 Å². The number of ether oxygens (including phenoxy) is 1. The standard InChI is InChI=1S/C16H25NO/c1-5-12(6-2)16-10-14(17-4)13-9-11(3)7-8-15(13)18-16/h7-9,12,14,16-17H,5-6,10H2,1-4H3. The van der Waals surface area contributed by atoms with Gasteiger partial charge >= 0.3 is 0 Å². The predicted molar refractivity (Wildman–Crippen MR) is 76.1 cm³/mol. The highest BCUT2D eigenvalue weighted by Crippen LogP contribution is 2.38. The Bertz CT molecular complexity index is 398. The normalized spacial score (nSPS) is 22.7. The molecule has 1 aromatic carbocycles. The molecule has 100 valence electrons. The van der Waals surface area contributed by atoms with Crippen molar-refractivity contribution in [1.82, 2.24) is 5.32 Å². The zero-order chi connectivity index (χ0) is 13.1. The molecule has 18 heavy (non-hydrogen) atoms. The van der Waals surface area contributed by atoms with Gasteiger partial charge in [0.05, 0.1) is 0 Å². The average Bonchev–Trinajstić information content (AvgIpc) is 2.39. The van der Waals surface area contributed by atoms with Gasteiger partial charge in [0.2, 0.25) is 0 Å². The van der Waals surface area contributed by atoms with Gasteiger partial charge in [0.15, 0.2) is 0 Å². The number of hydrogen-bond donors (Lipinski definition) is 1. The second kappa shape index (κ2) is 5.75. The molecule has 0 saturated heterocycles. The molecular weight excluding hydrogens is 222 g/mol. The van der Waals surface area contributed by atoms with E-state index in [9.17, 15) is 0 Å². The van der Waals surface area contributed by atoms with Crippen molar-refractivity contribution < 1.29 is 4.74 Å². The molecule has 1 aromatic rings. The van der Waals surface area contributed by atoms with Crippen molar-refractivity contribution >= 4 is 0 Å². The summed E-state index contributed by atoms with van der Waals surface area (Å²) in [6, 6.07) is 6.95. The van der Waals surface area contributed by atoms with Gasteiger partial charge in [-0.15, -0.1) is 0 Å². The summed E-state index contributed by atoms with van der Waals surface area (Å²) in [5, 5.41) is 3.44. The van der Waals surface area contributed by atoms with E-state index in [1.54, 1.807) is 0 Å². The molecule has 0 amide bonds. The molecule has 0 bridgehead atoms. The van der Waals surface area contributed by atoms with E-state index in [0.29, 0.717) is 18.1 Å². The van der Waals surface area contributed by atoms with E-state index in [4.69, 9.17) is 4.74 Å². The fourth-order valence-electron chi connectivity index (χ4n) is 2.99.